The molecule has 13 heavy (non-hydrogen) atoms. The van der Waals surface area contributed by atoms with E-state index in [1.807, 2.05) is 6.92 Å². The van der Waals surface area contributed by atoms with Crippen LogP contribution in [0.5, 0.6) is 0 Å². The van der Waals surface area contributed by atoms with Crippen LogP contribution in [0.15, 0.2) is 0 Å². The predicted molar refractivity (Wildman–Crippen MR) is 47.2 cm³/mol. The van der Waals surface area contributed by atoms with Crippen molar-refractivity contribution in [3.8, 4) is 0 Å². The van der Waals surface area contributed by atoms with Crippen molar-refractivity contribution in [2.45, 2.75) is 38.2 Å². The fourth-order valence-corrected chi connectivity index (χ4v) is 3.25. The summed E-state index contributed by atoms with van der Waals surface area (Å²) in [6.45, 7) is 1.83. The van der Waals surface area contributed by atoms with Crippen LogP contribution < -0.4 is 0 Å². The number of aliphatic hydroxyl groups is 1. The van der Waals surface area contributed by atoms with Gasteiger partial charge in [-0.2, -0.15) is 0 Å². The van der Waals surface area contributed by atoms with E-state index in [-0.39, 0.29) is 17.8 Å². The van der Waals surface area contributed by atoms with Crippen LogP contribution in [0, 0.1) is 17.8 Å². The molecule has 74 valence electrons. The molecule has 0 spiro atoms. The first-order valence-corrected chi connectivity index (χ1v) is 4.95. The quantitative estimate of drug-likeness (QED) is 0.645. The topological polar surface area (TPSA) is 57.5 Å². The molecule has 2 N–H and O–H groups in total. The standard InChI is InChI=1S/C10H16O3/c1-10(13)4-6-2-3-7(5-10)8(6)9(11)12/h6-8,13H,2-5H2,1H3,(H,11,12). The molecule has 2 atom stereocenters. The molecule has 2 aliphatic carbocycles. The first kappa shape index (κ1) is 9.00. The summed E-state index contributed by atoms with van der Waals surface area (Å²) in [7, 11) is 0. The van der Waals surface area contributed by atoms with Gasteiger partial charge in [-0.15, -0.1) is 0 Å². The van der Waals surface area contributed by atoms with Crippen LogP contribution in [-0.4, -0.2) is 21.8 Å². The zero-order valence-corrected chi connectivity index (χ0v) is 7.86. The molecule has 3 nitrogen and oxygen atoms in total. The number of hydrogen-bond acceptors (Lipinski definition) is 2. The van der Waals surface area contributed by atoms with Crippen molar-refractivity contribution in [2.24, 2.45) is 17.8 Å². The van der Waals surface area contributed by atoms with Crippen molar-refractivity contribution in [2.75, 3.05) is 0 Å². The lowest BCUT2D eigenvalue weighted by molar-refractivity contribution is -0.148. The largest absolute Gasteiger partial charge is 0.481 e. The summed E-state index contributed by atoms with van der Waals surface area (Å²) in [5.74, 6) is -0.416. The van der Waals surface area contributed by atoms with Crippen molar-refractivity contribution in [3.05, 3.63) is 0 Å². The molecule has 2 fully saturated rings. The third kappa shape index (κ3) is 1.46. The Bertz CT molecular complexity index is 218. The Balaban J connectivity index is 2.18. The van der Waals surface area contributed by atoms with Crippen molar-refractivity contribution in [1.82, 2.24) is 0 Å². The zero-order valence-electron chi connectivity index (χ0n) is 7.86. The van der Waals surface area contributed by atoms with Gasteiger partial charge in [-0.1, -0.05) is 0 Å². The normalized spacial score (nSPS) is 49.2. The van der Waals surface area contributed by atoms with E-state index in [9.17, 15) is 9.90 Å². The number of carbonyl (C=O) groups is 1. The summed E-state index contributed by atoms with van der Waals surface area (Å²) in [4.78, 5) is 10.9. The molecule has 2 aliphatic rings. The molecule has 0 aromatic heterocycles. The van der Waals surface area contributed by atoms with Gasteiger partial charge < -0.3 is 10.2 Å². The van der Waals surface area contributed by atoms with E-state index >= 15 is 0 Å². The molecule has 0 radical (unpaired) electrons. The SMILES string of the molecule is CC1(O)CC2CCC(C1)C2C(=O)O. The van der Waals surface area contributed by atoms with Gasteiger partial charge in [0.25, 0.3) is 0 Å². The molecule has 0 aromatic carbocycles. The van der Waals surface area contributed by atoms with Gasteiger partial charge in [0.1, 0.15) is 0 Å². The Kier molecular flexibility index (Phi) is 1.88. The Morgan fingerprint density at radius 2 is 1.77 bits per heavy atom. The number of carboxylic acid groups (broad SMARTS) is 1. The second kappa shape index (κ2) is 2.71. The summed E-state index contributed by atoms with van der Waals surface area (Å²) >= 11 is 0. The van der Waals surface area contributed by atoms with Crippen molar-refractivity contribution < 1.29 is 15.0 Å². The number of rotatable bonds is 1. The molecule has 0 aromatic rings. The first-order chi connectivity index (χ1) is 5.99. The minimum Gasteiger partial charge on any atom is -0.481 e. The molecule has 0 amide bonds. The van der Waals surface area contributed by atoms with E-state index in [1.54, 1.807) is 0 Å². The number of hydrogen-bond donors (Lipinski definition) is 2. The lowest BCUT2D eigenvalue weighted by atomic mass is 9.71. The van der Waals surface area contributed by atoms with Crippen LogP contribution >= 0.6 is 0 Å². The van der Waals surface area contributed by atoms with Gasteiger partial charge in [0.05, 0.1) is 11.5 Å². The molecule has 0 saturated heterocycles. The van der Waals surface area contributed by atoms with E-state index in [0.29, 0.717) is 12.8 Å². The average Bonchev–Trinajstić information content (AvgIpc) is 2.23. The van der Waals surface area contributed by atoms with Crippen LogP contribution in [0.3, 0.4) is 0 Å². The average molecular weight is 184 g/mol. The Morgan fingerprint density at radius 1 is 1.31 bits per heavy atom. The minimum absolute atomic E-state index is 0.180. The van der Waals surface area contributed by atoms with Gasteiger partial charge in [0, 0.05) is 0 Å². The highest BCUT2D eigenvalue weighted by Crippen LogP contribution is 2.50. The van der Waals surface area contributed by atoms with Gasteiger partial charge in [-0.25, -0.2) is 0 Å². The number of fused-ring (bicyclic) bond motifs is 2. The minimum atomic E-state index is -0.664. The maximum Gasteiger partial charge on any atom is 0.307 e. The lowest BCUT2D eigenvalue weighted by Crippen LogP contribution is -2.40. The molecule has 0 heterocycles. The molecule has 0 aliphatic heterocycles. The smallest absolute Gasteiger partial charge is 0.307 e. The molecule has 3 heteroatoms. The second-order valence-corrected chi connectivity index (χ2v) is 4.87. The predicted octanol–water partition coefficient (Wildman–Crippen LogP) is 1.26. The summed E-state index contributed by atoms with van der Waals surface area (Å²) in [5.41, 5.74) is -0.613. The maximum atomic E-state index is 10.9. The highest BCUT2D eigenvalue weighted by atomic mass is 16.4. The van der Waals surface area contributed by atoms with Crippen LogP contribution in [0.25, 0.3) is 0 Å². The van der Waals surface area contributed by atoms with Crippen molar-refractivity contribution in [3.63, 3.8) is 0 Å². The molecular formula is C10H16O3. The fourth-order valence-electron chi connectivity index (χ4n) is 3.25. The van der Waals surface area contributed by atoms with Crippen molar-refractivity contribution in [1.29, 1.82) is 0 Å². The molecule has 2 bridgehead atoms. The number of aliphatic carboxylic acids is 1. The highest BCUT2D eigenvalue weighted by Gasteiger charge is 2.49. The first-order valence-electron chi connectivity index (χ1n) is 4.95. The van der Waals surface area contributed by atoms with E-state index in [4.69, 9.17) is 5.11 Å². The third-order valence-corrected chi connectivity index (χ3v) is 3.61. The Hall–Kier alpha value is -0.570. The van der Waals surface area contributed by atoms with Crippen LogP contribution in [0.2, 0.25) is 0 Å². The maximum absolute atomic E-state index is 10.9. The van der Waals surface area contributed by atoms with Crippen molar-refractivity contribution >= 4 is 5.97 Å². The summed E-state index contributed by atoms with van der Waals surface area (Å²) in [6.07, 6.45) is 3.30. The van der Waals surface area contributed by atoms with E-state index in [0.717, 1.165) is 12.8 Å². The van der Waals surface area contributed by atoms with E-state index in [1.165, 1.54) is 0 Å². The fraction of sp³-hybridized carbons (Fsp3) is 0.900. The van der Waals surface area contributed by atoms with E-state index in [2.05, 4.69) is 0 Å². The third-order valence-electron chi connectivity index (χ3n) is 3.61. The summed E-state index contributed by atoms with van der Waals surface area (Å²) < 4.78 is 0. The second-order valence-electron chi connectivity index (χ2n) is 4.87. The van der Waals surface area contributed by atoms with Crippen LogP contribution in [0.1, 0.15) is 32.6 Å². The zero-order chi connectivity index (χ0) is 9.64. The Morgan fingerprint density at radius 3 is 2.15 bits per heavy atom. The molecule has 2 saturated carbocycles. The number of carboxylic acids is 1. The molecule has 2 rings (SSSR count). The van der Waals surface area contributed by atoms with Gasteiger partial charge in [-0.3, -0.25) is 4.79 Å². The Labute approximate surface area is 77.8 Å². The van der Waals surface area contributed by atoms with Gasteiger partial charge in [0.2, 0.25) is 0 Å². The van der Waals surface area contributed by atoms with Gasteiger partial charge in [-0.05, 0) is 44.4 Å². The molecule has 2 unspecified atom stereocenters. The lowest BCUT2D eigenvalue weighted by Gasteiger charge is -2.37. The summed E-state index contributed by atoms with van der Waals surface area (Å²) in [5, 5.41) is 18.9. The summed E-state index contributed by atoms with van der Waals surface area (Å²) in [6, 6.07) is 0. The monoisotopic (exact) mass is 184 g/mol. The van der Waals surface area contributed by atoms with Gasteiger partial charge >= 0.3 is 5.97 Å². The van der Waals surface area contributed by atoms with Crippen LogP contribution in [0.4, 0.5) is 0 Å². The van der Waals surface area contributed by atoms with Gasteiger partial charge in [0.15, 0.2) is 0 Å². The van der Waals surface area contributed by atoms with E-state index < -0.39 is 11.6 Å². The highest BCUT2D eigenvalue weighted by molar-refractivity contribution is 5.71. The molecular weight excluding hydrogens is 168 g/mol. The van der Waals surface area contributed by atoms with Crippen LogP contribution in [-0.2, 0) is 4.79 Å².